The molecule has 5 nitrogen and oxygen atoms in total. The van der Waals surface area contributed by atoms with E-state index in [4.69, 9.17) is 5.73 Å². The number of rotatable bonds is 2. The lowest BCUT2D eigenvalue weighted by Gasteiger charge is -2.39. The molecule has 0 aromatic rings. The van der Waals surface area contributed by atoms with Gasteiger partial charge in [-0.3, -0.25) is 9.69 Å². The first kappa shape index (κ1) is 13.3. The van der Waals surface area contributed by atoms with Gasteiger partial charge in [-0.05, 0) is 32.7 Å². The van der Waals surface area contributed by atoms with Crippen LogP contribution in [0.2, 0.25) is 0 Å². The minimum absolute atomic E-state index is 0.320. The maximum Gasteiger partial charge on any atom is 0.236 e. The van der Waals surface area contributed by atoms with Gasteiger partial charge in [0, 0.05) is 44.3 Å². The Labute approximate surface area is 115 Å². The number of hydrogen-bond donors (Lipinski definition) is 1. The standard InChI is InChI=1S/C14H26N4O/c1-16-4-6-17(7-5-16)14(19)10-18-12-2-3-13(18)9-11(15)8-12/h11-13H,2-10,15H2,1H3. The lowest BCUT2D eigenvalue weighted by molar-refractivity contribution is -0.135. The van der Waals surface area contributed by atoms with Crippen molar-refractivity contribution in [3.05, 3.63) is 0 Å². The molecule has 5 heteroatoms. The molecule has 0 saturated carbocycles. The number of likely N-dealkylation sites (N-methyl/N-ethyl adjacent to an activating group) is 1. The third-order valence-electron chi connectivity index (χ3n) is 5.09. The van der Waals surface area contributed by atoms with E-state index in [-0.39, 0.29) is 0 Å². The van der Waals surface area contributed by atoms with Crippen LogP contribution in [-0.2, 0) is 4.79 Å². The molecule has 2 N–H and O–H groups in total. The van der Waals surface area contributed by atoms with Gasteiger partial charge in [-0.15, -0.1) is 0 Å². The van der Waals surface area contributed by atoms with Crippen molar-refractivity contribution in [2.75, 3.05) is 39.8 Å². The summed E-state index contributed by atoms with van der Waals surface area (Å²) < 4.78 is 0. The largest absolute Gasteiger partial charge is 0.339 e. The van der Waals surface area contributed by atoms with E-state index in [0.717, 1.165) is 39.0 Å². The highest BCUT2D eigenvalue weighted by molar-refractivity contribution is 5.78. The molecule has 0 radical (unpaired) electrons. The first-order valence-electron chi connectivity index (χ1n) is 7.61. The Kier molecular flexibility index (Phi) is 3.78. The summed E-state index contributed by atoms with van der Waals surface area (Å²) in [6, 6.07) is 1.47. The average molecular weight is 266 g/mol. The molecule has 0 aromatic heterocycles. The SMILES string of the molecule is CN1CCN(C(=O)CN2C3CCC2CC(N)C3)CC1. The summed E-state index contributed by atoms with van der Waals surface area (Å²) in [6.45, 7) is 4.40. The number of nitrogens with zero attached hydrogens (tertiary/aromatic N) is 3. The number of carbonyl (C=O) groups excluding carboxylic acids is 1. The van der Waals surface area contributed by atoms with E-state index in [2.05, 4.69) is 16.8 Å². The summed E-state index contributed by atoms with van der Waals surface area (Å²) in [5.74, 6) is 0.320. The normalized spacial score (nSPS) is 36.7. The maximum atomic E-state index is 12.4. The summed E-state index contributed by atoms with van der Waals surface area (Å²) in [5, 5.41) is 0. The van der Waals surface area contributed by atoms with Crippen LogP contribution in [0.5, 0.6) is 0 Å². The molecular formula is C14H26N4O. The zero-order valence-corrected chi connectivity index (χ0v) is 11.9. The van der Waals surface area contributed by atoms with Gasteiger partial charge in [-0.1, -0.05) is 0 Å². The van der Waals surface area contributed by atoms with Crippen molar-refractivity contribution in [3.8, 4) is 0 Å². The molecule has 0 aromatic carbocycles. The van der Waals surface area contributed by atoms with Crippen molar-refractivity contribution in [1.82, 2.24) is 14.7 Å². The molecule has 3 heterocycles. The summed E-state index contributed by atoms with van der Waals surface area (Å²) >= 11 is 0. The van der Waals surface area contributed by atoms with E-state index in [0.29, 0.717) is 30.6 Å². The van der Waals surface area contributed by atoms with Gasteiger partial charge in [0.15, 0.2) is 0 Å². The second kappa shape index (κ2) is 5.38. The number of nitrogens with two attached hydrogens (primary N) is 1. The molecule has 0 spiro atoms. The van der Waals surface area contributed by atoms with E-state index in [1.54, 1.807) is 0 Å². The highest BCUT2D eigenvalue weighted by Crippen LogP contribution is 2.34. The summed E-state index contributed by atoms with van der Waals surface area (Å²) in [6.07, 6.45) is 4.61. The van der Waals surface area contributed by atoms with Crippen LogP contribution in [0, 0.1) is 0 Å². The molecule has 2 bridgehead atoms. The fourth-order valence-electron chi connectivity index (χ4n) is 3.89. The molecule has 108 valence electrons. The van der Waals surface area contributed by atoms with E-state index >= 15 is 0 Å². The molecule has 1 amide bonds. The average Bonchev–Trinajstić information content (AvgIpc) is 2.62. The number of piperidine rings is 1. The molecule has 2 atom stereocenters. The minimum Gasteiger partial charge on any atom is -0.339 e. The number of amides is 1. The Morgan fingerprint density at radius 1 is 1.11 bits per heavy atom. The van der Waals surface area contributed by atoms with Crippen LogP contribution < -0.4 is 5.73 Å². The highest BCUT2D eigenvalue weighted by Gasteiger charge is 2.40. The predicted molar refractivity (Wildman–Crippen MR) is 74.8 cm³/mol. The minimum atomic E-state index is 0.320. The van der Waals surface area contributed by atoms with Gasteiger partial charge in [-0.25, -0.2) is 0 Å². The quantitative estimate of drug-likeness (QED) is 0.746. The monoisotopic (exact) mass is 266 g/mol. The number of piperazine rings is 1. The summed E-state index contributed by atoms with van der Waals surface area (Å²) in [5.41, 5.74) is 6.08. The second-order valence-corrected chi connectivity index (χ2v) is 6.47. The van der Waals surface area contributed by atoms with Crippen molar-refractivity contribution in [1.29, 1.82) is 0 Å². The summed E-state index contributed by atoms with van der Waals surface area (Å²) in [7, 11) is 2.12. The van der Waals surface area contributed by atoms with Crippen LogP contribution in [0.3, 0.4) is 0 Å². The van der Waals surface area contributed by atoms with Crippen LogP contribution in [0.4, 0.5) is 0 Å². The third kappa shape index (κ3) is 2.78. The van der Waals surface area contributed by atoms with Gasteiger partial charge in [0.2, 0.25) is 5.91 Å². The molecule has 3 rings (SSSR count). The van der Waals surface area contributed by atoms with Crippen molar-refractivity contribution < 1.29 is 4.79 Å². The van der Waals surface area contributed by atoms with Gasteiger partial charge >= 0.3 is 0 Å². The molecule has 0 aliphatic carbocycles. The molecule has 3 aliphatic heterocycles. The van der Waals surface area contributed by atoms with Crippen molar-refractivity contribution >= 4 is 5.91 Å². The Bertz CT molecular complexity index is 326. The van der Waals surface area contributed by atoms with Crippen LogP contribution in [0.1, 0.15) is 25.7 Å². The van der Waals surface area contributed by atoms with Gasteiger partial charge in [0.1, 0.15) is 0 Å². The Hall–Kier alpha value is -0.650. The van der Waals surface area contributed by atoms with E-state index in [1.807, 2.05) is 4.90 Å². The molecule has 3 aliphatic rings. The Morgan fingerprint density at radius 3 is 2.26 bits per heavy atom. The molecule has 19 heavy (non-hydrogen) atoms. The molecule has 3 fully saturated rings. The topological polar surface area (TPSA) is 52.8 Å². The van der Waals surface area contributed by atoms with Crippen LogP contribution in [0.25, 0.3) is 0 Å². The van der Waals surface area contributed by atoms with E-state index < -0.39 is 0 Å². The molecule has 2 unspecified atom stereocenters. The van der Waals surface area contributed by atoms with Crippen LogP contribution in [-0.4, -0.2) is 78.5 Å². The number of carbonyl (C=O) groups is 1. The van der Waals surface area contributed by atoms with Crippen molar-refractivity contribution in [2.45, 2.75) is 43.8 Å². The zero-order chi connectivity index (χ0) is 13.4. The highest BCUT2D eigenvalue weighted by atomic mass is 16.2. The van der Waals surface area contributed by atoms with Gasteiger partial charge in [0.05, 0.1) is 6.54 Å². The molecular weight excluding hydrogens is 240 g/mol. The fourth-order valence-corrected chi connectivity index (χ4v) is 3.89. The Morgan fingerprint density at radius 2 is 1.68 bits per heavy atom. The second-order valence-electron chi connectivity index (χ2n) is 6.47. The van der Waals surface area contributed by atoms with Crippen LogP contribution in [0.15, 0.2) is 0 Å². The first-order chi connectivity index (χ1) is 9.13. The number of fused-ring (bicyclic) bond motifs is 2. The van der Waals surface area contributed by atoms with Crippen molar-refractivity contribution in [3.63, 3.8) is 0 Å². The maximum absolute atomic E-state index is 12.4. The smallest absolute Gasteiger partial charge is 0.236 e. The summed E-state index contributed by atoms with van der Waals surface area (Å²) in [4.78, 5) is 19.2. The Balaban J connectivity index is 1.55. The lowest BCUT2D eigenvalue weighted by Crippen LogP contribution is -2.54. The first-order valence-corrected chi connectivity index (χ1v) is 7.61. The molecule has 3 saturated heterocycles. The fraction of sp³-hybridized carbons (Fsp3) is 0.929. The number of hydrogen-bond acceptors (Lipinski definition) is 4. The zero-order valence-electron chi connectivity index (χ0n) is 11.9. The lowest BCUT2D eigenvalue weighted by atomic mass is 9.98. The predicted octanol–water partition coefficient (Wildman–Crippen LogP) is -0.285. The van der Waals surface area contributed by atoms with E-state index in [1.165, 1.54) is 12.8 Å². The van der Waals surface area contributed by atoms with Crippen LogP contribution >= 0.6 is 0 Å². The van der Waals surface area contributed by atoms with Gasteiger partial charge in [-0.2, -0.15) is 0 Å². The van der Waals surface area contributed by atoms with Crippen molar-refractivity contribution in [2.24, 2.45) is 5.73 Å². The van der Waals surface area contributed by atoms with Gasteiger partial charge < -0.3 is 15.5 Å². The van der Waals surface area contributed by atoms with E-state index in [9.17, 15) is 4.79 Å². The van der Waals surface area contributed by atoms with Gasteiger partial charge in [0.25, 0.3) is 0 Å². The third-order valence-corrected chi connectivity index (χ3v) is 5.09.